The van der Waals surface area contributed by atoms with Gasteiger partial charge in [0.05, 0.1) is 0 Å². The second-order valence-electron chi connectivity index (χ2n) is 3.40. The van der Waals surface area contributed by atoms with Crippen LogP contribution in [0, 0.1) is 5.95 Å². The highest BCUT2D eigenvalue weighted by Gasteiger charge is 2.15. The van der Waals surface area contributed by atoms with Gasteiger partial charge >= 0.3 is 0 Å². The van der Waals surface area contributed by atoms with Gasteiger partial charge in [0.25, 0.3) is 5.95 Å². The van der Waals surface area contributed by atoms with Gasteiger partial charge in [-0.25, -0.2) is 4.98 Å². The van der Waals surface area contributed by atoms with E-state index in [1.54, 1.807) is 12.1 Å². The summed E-state index contributed by atoms with van der Waals surface area (Å²) in [7, 11) is 0. The van der Waals surface area contributed by atoms with Crippen molar-refractivity contribution in [2.75, 3.05) is 13.2 Å². The third-order valence-electron chi connectivity index (χ3n) is 2.33. The summed E-state index contributed by atoms with van der Waals surface area (Å²) in [5, 5.41) is 3.28. The summed E-state index contributed by atoms with van der Waals surface area (Å²) in [6.07, 6.45) is 3.68. The third-order valence-corrected chi connectivity index (χ3v) is 2.33. The summed E-state index contributed by atoms with van der Waals surface area (Å²) in [4.78, 5) is 3.51. The summed E-state index contributed by atoms with van der Waals surface area (Å²) in [6.45, 7) is 1.55. The van der Waals surface area contributed by atoms with Crippen molar-refractivity contribution in [2.45, 2.75) is 18.9 Å². The topological polar surface area (TPSA) is 34.1 Å². The maximum Gasteiger partial charge on any atom is 0.255 e. The van der Waals surface area contributed by atoms with E-state index in [0.717, 1.165) is 13.0 Å². The number of hydrogen-bond donors (Lipinski definition) is 1. The Kier molecular flexibility index (Phi) is 2.93. The Morgan fingerprint density at radius 2 is 2.57 bits per heavy atom. The van der Waals surface area contributed by atoms with Gasteiger partial charge in [-0.15, -0.1) is 0 Å². The summed E-state index contributed by atoms with van der Waals surface area (Å²) in [5.74, 6) is -0.299. The van der Waals surface area contributed by atoms with Crippen molar-refractivity contribution >= 4 is 0 Å². The van der Waals surface area contributed by atoms with Crippen LogP contribution < -0.4 is 10.1 Å². The Morgan fingerprint density at radius 1 is 1.64 bits per heavy atom. The highest BCUT2D eigenvalue weighted by Crippen LogP contribution is 2.14. The van der Waals surface area contributed by atoms with Crippen molar-refractivity contribution in [3.05, 3.63) is 24.3 Å². The fraction of sp³-hybridized carbons (Fsp3) is 0.500. The smallest absolute Gasteiger partial charge is 0.255 e. The molecule has 0 unspecified atom stereocenters. The largest absolute Gasteiger partial charge is 0.487 e. The Hall–Kier alpha value is -1.16. The molecule has 2 rings (SSSR count). The van der Waals surface area contributed by atoms with Gasteiger partial charge in [0.2, 0.25) is 0 Å². The molecule has 1 fully saturated rings. The van der Waals surface area contributed by atoms with Gasteiger partial charge in [-0.3, -0.25) is 0 Å². The van der Waals surface area contributed by atoms with Gasteiger partial charge in [-0.1, -0.05) is 0 Å². The predicted molar refractivity (Wildman–Crippen MR) is 50.7 cm³/mol. The molecule has 1 aromatic rings. The average Bonchev–Trinajstić information content (AvgIpc) is 2.69. The highest BCUT2D eigenvalue weighted by molar-refractivity contribution is 5.17. The first-order valence-corrected chi connectivity index (χ1v) is 4.83. The molecule has 2 heterocycles. The lowest BCUT2D eigenvalue weighted by molar-refractivity contribution is 0.262. The van der Waals surface area contributed by atoms with E-state index in [9.17, 15) is 4.39 Å². The van der Waals surface area contributed by atoms with Crippen LogP contribution in [0.25, 0.3) is 0 Å². The molecule has 14 heavy (non-hydrogen) atoms. The molecule has 0 aromatic carbocycles. The van der Waals surface area contributed by atoms with Crippen molar-refractivity contribution in [3.63, 3.8) is 0 Å². The first-order chi connectivity index (χ1) is 6.86. The number of halogens is 1. The third kappa shape index (κ3) is 2.20. The lowest BCUT2D eigenvalue weighted by Crippen LogP contribution is -2.28. The lowest BCUT2D eigenvalue weighted by Gasteiger charge is -2.11. The van der Waals surface area contributed by atoms with Crippen LogP contribution in [0.3, 0.4) is 0 Å². The lowest BCUT2D eigenvalue weighted by atomic mass is 10.2. The van der Waals surface area contributed by atoms with Crippen LogP contribution in [-0.4, -0.2) is 24.2 Å². The van der Waals surface area contributed by atoms with Crippen molar-refractivity contribution in [3.8, 4) is 5.75 Å². The van der Waals surface area contributed by atoms with Crippen molar-refractivity contribution in [1.82, 2.24) is 10.3 Å². The average molecular weight is 195 g/mol. The maximum absolute atomic E-state index is 13.0. The minimum Gasteiger partial charge on any atom is -0.487 e. The molecule has 0 saturated carbocycles. The fourth-order valence-corrected chi connectivity index (χ4v) is 1.57. The number of nitrogens with zero attached hydrogens (tertiary/aromatic N) is 1. The number of nitrogens with one attached hydrogen (secondary N) is 1. The van der Waals surface area contributed by atoms with Gasteiger partial charge in [0.1, 0.15) is 6.61 Å². The second-order valence-corrected chi connectivity index (χ2v) is 3.40. The van der Waals surface area contributed by atoms with Gasteiger partial charge in [0.15, 0.2) is 5.75 Å². The number of ether oxygens (including phenoxy) is 1. The molecule has 0 amide bonds. The predicted octanol–water partition coefficient (Wildman–Crippen LogP) is 1.35. The molecule has 0 bridgehead atoms. The van der Waals surface area contributed by atoms with E-state index >= 15 is 0 Å². The normalized spacial score (nSPS) is 21.1. The number of pyridine rings is 1. The molecule has 1 saturated heterocycles. The standard InChI is InChI=1S/C10H13FN2O/c11-10-9(4-2-6-13-10)14-7-8-3-1-5-12-8/h2,4,6,8,12H,1,3,5,7H2/t8-/m0/s1/i11-1. The fourth-order valence-electron chi connectivity index (χ4n) is 1.57. The van der Waals surface area contributed by atoms with Gasteiger partial charge in [-0.2, -0.15) is 4.39 Å². The highest BCUT2D eigenvalue weighted by atomic mass is 18.2. The van der Waals surface area contributed by atoms with Crippen LogP contribution in [0.2, 0.25) is 0 Å². The Bertz CT molecular complexity index is 300. The molecule has 76 valence electrons. The Balaban J connectivity index is 1.88. The Morgan fingerprint density at radius 3 is 3.29 bits per heavy atom. The summed E-state index contributed by atoms with van der Waals surface area (Å²) >= 11 is 0. The van der Waals surface area contributed by atoms with E-state index < -0.39 is 5.95 Å². The van der Waals surface area contributed by atoms with Crippen LogP contribution in [0.4, 0.5) is 4.39 Å². The summed E-state index contributed by atoms with van der Waals surface area (Å²) < 4.78 is 18.3. The minimum absolute atomic E-state index is 0.237. The maximum atomic E-state index is 13.0. The summed E-state index contributed by atoms with van der Waals surface area (Å²) in [5.41, 5.74) is 0. The second kappa shape index (κ2) is 4.37. The molecule has 1 atom stereocenters. The van der Waals surface area contributed by atoms with Crippen LogP contribution in [-0.2, 0) is 0 Å². The van der Waals surface area contributed by atoms with Crippen molar-refractivity contribution in [2.24, 2.45) is 0 Å². The quantitative estimate of drug-likeness (QED) is 0.739. The first-order valence-electron chi connectivity index (χ1n) is 4.83. The molecule has 1 aromatic heterocycles. The van der Waals surface area contributed by atoms with Gasteiger partial charge in [0, 0.05) is 12.2 Å². The number of hydrogen-bond acceptors (Lipinski definition) is 3. The van der Waals surface area contributed by atoms with Crippen molar-refractivity contribution < 1.29 is 9.13 Å². The van der Waals surface area contributed by atoms with Crippen molar-refractivity contribution in [1.29, 1.82) is 0 Å². The molecule has 4 heteroatoms. The van der Waals surface area contributed by atoms with Gasteiger partial charge < -0.3 is 10.1 Å². The molecular weight excluding hydrogens is 182 g/mol. The molecule has 1 aliphatic heterocycles. The Labute approximate surface area is 82.3 Å². The van der Waals surface area contributed by atoms with E-state index in [-0.39, 0.29) is 5.75 Å². The zero-order chi connectivity index (χ0) is 9.80. The van der Waals surface area contributed by atoms with E-state index in [0.29, 0.717) is 12.6 Å². The zero-order valence-electron chi connectivity index (χ0n) is 7.87. The number of rotatable bonds is 3. The van der Waals surface area contributed by atoms with E-state index in [1.807, 2.05) is 0 Å². The summed E-state index contributed by atoms with van der Waals surface area (Å²) in [6, 6.07) is 3.62. The number of aromatic nitrogens is 1. The SMILES string of the molecule is [18F]c1ncccc1OC[C@@H]1CCCN1. The molecule has 1 N–H and O–H groups in total. The van der Waals surface area contributed by atoms with Crippen LogP contribution in [0.15, 0.2) is 18.3 Å². The molecule has 3 nitrogen and oxygen atoms in total. The van der Waals surface area contributed by atoms with Crippen LogP contribution >= 0.6 is 0 Å². The monoisotopic (exact) mass is 195 g/mol. The molecule has 0 radical (unpaired) electrons. The first kappa shape index (κ1) is 9.40. The molecular formula is C10H13FN2O. The minimum atomic E-state index is -0.537. The molecule has 1 aliphatic rings. The van der Waals surface area contributed by atoms with Gasteiger partial charge in [-0.05, 0) is 31.5 Å². The van der Waals surface area contributed by atoms with Crippen LogP contribution in [0.1, 0.15) is 12.8 Å². The molecule has 0 spiro atoms. The van der Waals surface area contributed by atoms with E-state index in [1.165, 1.54) is 12.6 Å². The van der Waals surface area contributed by atoms with E-state index in [4.69, 9.17) is 4.74 Å². The van der Waals surface area contributed by atoms with Crippen LogP contribution in [0.5, 0.6) is 5.75 Å². The molecule has 0 aliphatic carbocycles. The zero-order valence-corrected chi connectivity index (χ0v) is 7.87. The van der Waals surface area contributed by atoms with E-state index in [2.05, 4.69) is 10.3 Å².